The smallest absolute Gasteiger partial charge is 0.224 e. The predicted octanol–water partition coefficient (Wildman–Crippen LogP) is 2.44. The average molecular weight is 395 g/mol. The summed E-state index contributed by atoms with van der Waals surface area (Å²) >= 11 is 12.0. The van der Waals surface area contributed by atoms with Crippen molar-refractivity contribution in [1.29, 1.82) is 0 Å². The molecular formula is C16H22Cl3N3O2. The Hall–Kier alpha value is -0.720. The van der Waals surface area contributed by atoms with E-state index in [2.05, 4.69) is 10.2 Å². The molecule has 1 aromatic rings. The summed E-state index contributed by atoms with van der Waals surface area (Å²) < 4.78 is 5.40. The molecule has 5 nitrogen and oxygen atoms in total. The Morgan fingerprint density at radius 2 is 1.96 bits per heavy atom. The van der Waals surface area contributed by atoms with E-state index in [0.29, 0.717) is 23.1 Å². The first-order chi connectivity index (χ1) is 11.1. The molecule has 1 N–H and O–H groups in total. The SMILES string of the molecule is Cl.O=C(CC1COCCN1)N1CCN(c2ccc(Cl)c(Cl)c2)CC1. The van der Waals surface area contributed by atoms with Gasteiger partial charge in [0, 0.05) is 50.9 Å². The molecule has 2 saturated heterocycles. The minimum Gasteiger partial charge on any atom is -0.378 e. The van der Waals surface area contributed by atoms with Gasteiger partial charge in [-0.2, -0.15) is 0 Å². The van der Waals surface area contributed by atoms with Gasteiger partial charge in [0.2, 0.25) is 5.91 Å². The Kier molecular flexibility index (Phi) is 7.44. The molecule has 2 heterocycles. The lowest BCUT2D eigenvalue weighted by atomic mass is 10.1. The van der Waals surface area contributed by atoms with Crippen LogP contribution in [0, 0.1) is 0 Å². The van der Waals surface area contributed by atoms with Gasteiger partial charge in [-0.15, -0.1) is 12.4 Å². The third-order valence-electron chi connectivity index (χ3n) is 4.32. The van der Waals surface area contributed by atoms with Gasteiger partial charge in [-0.05, 0) is 18.2 Å². The molecule has 1 amide bonds. The number of hydrogen-bond donors (Lipinski definition) is 1. The maximum Gasteiger partial charge on any atom is 0.224 e. The molecule has 24 heavy (non-hydrogen) atoms. The second-order valence-corrected chi connectivity index (χ2v) is 6.71. The van der Waals surface area contributed by atoms with Crippen LogP contribution < -0.4 is 10.2 Å². The van der Waals surface area contributed by atoms with Gasteiger partial charge in [-0.25, -0.2) is 0 Å². The molecule has 0 radical (unpaired) electrons. The van der Waals surface area contributed by atoms with E-state index in [-0.39, 0.29) is 24.4 Å². The molecule has 1 aromatic carbocycles. The van der Waals surface area contributed by atoms with Gasteiger partial charge < -0.3 is 19.9 Å². The first-order valence-electron chi connectivity index (χ1n) is 7.92. The fourth-order valence-corrected chi connectivity index (χ4v) is 3.28. The highest BCUT2D eigenvalue weighted by Gasteiger charge is 2.24. The summed E-state index contributed by atoms with van der Waals surface area (Å²) in [6.45, 7) is 5.24. The molecule has 0 aromatic heterocycles. The number of halogens is 3. The molecule has 3 rings (SSSR count). The van der Waals surface area contributed by atoms with Crippen molar-refractivity contribution in [2.24, 2.45) is 0 Å². The number of benzene rings is 1. The monoisotopic (exact) mass is 393 g/mol. The van der Waals surface area contributed by atoms with Gasteiger partial charge in [0.1, 0.15) is 0 Å². The van der Waals surface area contributed by atoms with Crippen molar-refractivity contribution >= 4 is 47.2 Å². The second-order valence-electron chi connectivity index (χ2n) is 5.90. The largest absolute Gasteiger partial charge is 0.378 e. The highest BCUT2D eigenvalue weighted by molar-refractivity contribution is 6.42. The van der Waals surface area contributed by atoms with Crippen LogP contribution in [0.4, 0.5) is 5.69 Å². The second kappa shape index (κ2) is 9.11. The van der Waals surface area contributed by atoms with E-state index >= 15 is 0 Å². The van der Waals surface area contributed by atoms with Crippen molar-refractivity contribution in [2.75, 3.05) is 50.8 Å². The molecular weight excluding hydrogens is 373 g/mol. The van der Waals surface area contributed by atoms with Gasteiger partial charge in [-0.3, -0.25) is 4.79 Å². The van der Waals surface area contributed by atoms with E-state index < -0.39 is 0 Å². The number of carbonyl (C=O) groups is 1. The molecule has 0 spiro atoms. The minimum absolute atomic E-state index is 0. The molecule has 0 saturated carbocycles. The third kappa shape index (κ3) is 4.90. The van der Waals surface area contributed by atoms with Gasteiger partial charge in [0.05, 0.1) is 23.3 Å². The van der Waals surface area contributed by atoms with Crippen molar-refractivity contribution in [3.05, 3.63) is 28.2 Å². The molecule has 134 valence electrons. The van der Waals surface area contributed by atoms with Crippen molar-refractivity contribution in [1.82, 2.24) is 10.2 Å². The van der Waals surface area contributed by atoms with E-state index in [1.807, 2.05) is 23.1 Å². The van der Waals surface area contributed by atoms with Crippen molar-refractivity contribution in [2.45, 2.75) is 12.5 Å². The lowest BCUT2D eigenvalue weighted by Gasteiger charge is -2.37. The lowest BCUT2D eigenvalue weighted by Crippen LogP contribution is -2.51. The molecule has 2 aliphatic heterocycles. The number of nitrogens with one attached hydrogen (secondary N) is 1. The van der Waals surface area contributed by atoms with Crippen LogP contribution in [-0.4, -0.2) is 62.8 Å². The Bertz CT molecular complexity index is 559. The van der Waals surface area contributed by atoms with Crippen LogP contribution in [0.15, 0.2) is 18.2 Å². The van der Waals surface area contributed by atoms with Crippen LogP contribution in [0.25, 0.3) is 0 Å². The number of rotatable bonds is 3. The van der Waals surface area contributed by atoms with Gasteiger partial charge in [-0.1, -0.05) is 23.2 Å². The Morgan fingerprint density at radius 3 is 2.58 bits per heavy atom. The third-order valence-corrected chi connectivity index (χ3v) is 5.06. The quantitative estimate of drug-likeness (QED) is 0.855. The number of carbonyl (C=O) groups excluding carboxylic acids is 1. The number of nitrogens with zero attached hydrogens (tertiary/aromatic N) is 2. The Morgan fingerprint density at radius 1 is 1.21 bits per heavy atom. The lowest BCUT2D eigenvalue weighted by molar-refractivity contribution is -0.132. The first kappa shape index (κ1) is 19.6. The maximum atomic E-state index is 12.4. The summed E-state index contributed by atoms with van der Waals surface area (Å²) in [5, 5.41) is 4.45. The summed E-state index contributed by atoms with van der Waals surface area (Å²) in [4.78, 5) is 16.5. The summed E-state index contributed by atoms with van der Waals surface area (Å²) in [5.74, 6) is 0.196. The van der Waals surface area contributed by atoms with Crippen molar-refractivity contribution < 1.29 is 9.53 Å². The summed E-state index contributed by atoms with van der Waals surface area (Å²) in [7, 11) is 0. The van der Waals surface area contributed by atoms with Crippen molar-refractivity contribution in [3.8, 4) is 0 Å². The molecule has 0 aliphatic carbocycles. The fourth-order valence-electron chi connectivity index (χ4n) is 2.99. The molecule has 1 unspecified atom stereocenters. The number of morpholine rings is 1. The van der Waals surface area contributed by atoms with E-state index in [0.717, 1.165) is 45.0 Å². The van der Waals surface area contributed by atoms with Crippen LogP contribution in [0.1, 0.15) is 6.42 Å². The zero-order valence-electron chi connectivity index (χ0n) is 13.3. The van der Waals surface area contributed by atoms with Crippen LogP contribution in [0.3, 0.4) is 0 Å². The summed E-state index contributed by atoms with van der Waals surface area (Å²) in [6, 6.07) is 5.80. The van der Waals surface area contributed by atoms with E-state index in [1.165, 1.54) is 0 Å². The molecule has 1 atom stereocenters. The van der Waals surface area contributed by atoms with Crippen LogP contribution in [0.2, 0.25) is 10.0 Å². The molecule has 2 fully saturated rings. The van der Waals surface area contributed by atoms with E-state index in [1.54, 1.807) is 0 Å². The van der Waals surface area contributed by atoms with Crippen LogP contribution in [0.5, 0.6) is 0 Å². The summed E-state index contributed by atoms with van der Waals surface area (Å²) in [5.41, 5.74) is 1.05. The normalized spacial score (nSPS) is 21.3. The first-order valence-corrected chi connectivity index (χ1v) is 8.68. The number of hydrogen-bond acceptors (Lipinski definition) is 4. The standard InChI is InChI=1S/C16H21Cl2N3O2.ClH/c17-14-2-1-13(10-15(14)18)20-4-6-21(7-5-20)16(22)9-12-11-23-8-3-19-12;/h1-2,10,12,19H,3-9,11H2;1H. The number of piperazine rings is 1. The minimum atomic E-state index is 0. The zero-order chi connectivity index (χ0) is 16.2. The van der Waals surface area contributed by atoms with Gasteiger partial charge in [0.25, 0.3) is 0 Å². The average Bonchev–Trinajstić information content (AvgIpc) is 2.58. The number of amides is 1. The molecule has 8 heteroatoms. The fraction of sp³-hybridized carbons (Fsp3) is 0.562. The highest BCUT2D eigenvalue weighted by atomic mass is 35.5. The molecule has 0 bridgehead atoms. The zero-order valence-corrected chi connectivity index (χ0v) is 15.7. The number of anilines is 1. The number of ether oxygens (including phenoxy) is 1. The van der Waals surface area contributed by atoms with E-state index in [4.69, 9.17) is 27.9 Å². The van der Waals surface area contributed by atoms with Crippen LogP contribution in [-0.2, 0) is 9.53 Å². The van der Waals surface area contributed by atoms with Crippen molar-refractivity contribution in [3.63, 3.8) is 0 Å². The van der Waals surface area contributed by atoms with Gasteiger partial charge >= 0.3 is 0 Å². The van der Waals surface area contributed by atoms with Gasteiger partial charge in [0.15, 0.2) is 0 Å². The Balaban J connectivity index is 0.00000208. The van der Waals surface area contributed by atoms with Crippen LogP contribution >= 0.6 is 35.6 Å². The topological polar surface area (TPSA) is 44.8 Å². The summed E-state index contributed by atoms with van der Waals surface area (Å²) in [6.07, 6.45) is 0.507. The predicted molar refractivity (Wildman–Crippen MR) is 99.7 cm³/mol. The maximum absolute atomic E-state index is 12.4. The van der Waals surface area contributed by atoms with E-state index in [9.17, 15) is 4.79 Å². The molecule has 2 aliphatic rings. The highest BCUT2D eigenvalue weighted by Crippen LogP contribution is 2.27. The Labute approximate surface area is 158 Å².